The van der Waals surface area contributed by atoms with Crippen molar-refractivity contribution in [3.63, 3.8) is 0 Å². The third-order valence-corrected chi connectivity index (χ3v) is 2.49. The monoisotopic (exact) mass is 211 g/mol. The van der Waals surface area contributed by atoms with E-state index in [0.29, 0.717) is 12.1 Å². The number of rotatable bonds is 9. The largest absolute Gasteiger partial charge is 0.377 e. The van der Waals surface area contributed by atoms with Gasteiger partial charge in [0, 0.05) is 19.1 Å². The molecular formula is C13H25NO. The molecule has 0 bridgehead atoms. The zero-order valence-corrected chi connectivity index (χ0v) is 10.4. The molecule has 0 aliphatic carbocycles. The van der Waals surface area contributed by atoms with Crippen molar-refractivity contribution >= 4 is 0 Å². The van der Waals surface area contributed by atoms with E-state index >= 15 is 0 Å². The second kappa shape index (κ2) is 10.0. The lowest BCUT2D eigenvalue weighted by atomic mass is 10.0. The molecule has 0 aromatic rings. The fourth-order valence-electron chi connectivity index (χ4n) is 1.72. The van der Waals surface area contributed by atoms with Crippen molar-refractivity contribution in [1.29, 1.82) is 0 Å². The van der Waals surface area contributed by atoms with Crippen LogP contribution >= 0.6 is 0 Å². The van der Waals surface area contributed by atoms with Crippen LogP contribution in [0.5, 0.6) is 0 Å². The van der Waals surface area contributed by atoms with Gasteiger partial charge >= 0.3 is 0 Å². The van der Waals surface area contributed by atoms with Crippen molar-refractivity contribution in [2.45, 2.75) is 58.6 Å². The summed E-state index contributed by atoms with van der Waals surface area (Å²) >= 11 is 0. The minimum Gasteiger partial charge on any atom is -0.377 e. The Kier molecular flexibility index (Phi) is 9.67. The molecule has 0 rings (SSSR count). The van der Waals surface area contributed by atoms with Gasteiger partial charge in [-0.1, -0.05) is 13.8 Å². The van der Waals surface area contributed by atoms with Crippen LogP contribution in [-0.2, 0) is 4.74 Å². The molecule has 0 aromatic carbocycles. The highest BCUT2D eigenvalue weighted by molar-refractivity contribution is 4.87. The lowest BCUT2D eigenvalue weighted by Gasteiger charge is -2.26. The van der Waals surface area contributed by atoms with E-state index in [9.17, 15) is 0 Å². The average molecular weight is 211 g/mol. The first-order valence-electron chi connectivity index (χ1n) is 6.08. The van der Waals surface area contributed by atoms with E-state index < -0.39 is 0 Å². The van der Waals surface area contributed by atoms with Crippen molar-refractivity contribution in [3.8, 4) is 12.3 Å². The summed E-state index contributed by atoms with van der Waals surface area (Å²) in [5, 5.41) is 3.52. The Hall–Kier alpha value is -0.520. The van der Waals surface area contributed by atoms with Gasteiger partial charge in [-0.25, -0.2) is 0 Å². The molecule has 0 radical (unpaired) electrons. The minimum absolute atomic E-state index is 0.301. The van der Waals surface area contributed by atoms with Crippen molar-refractivity contribution in [3.05, 3.63) is 0 Å². The van der Waals surface area contributed by atoms with Gasteiger partial charge in [0.05, 0.1) is 6.10 Å². The lowest BCUT2D eigenvalue weighted by Crippen LogP contribution is -2.41. The molecule has 15 heavy (non-hydrogen) atoms. The van der Waals surface area contributed by atoms with Gasteiger partial charge in [-0.15, -0.1) is 12.3 Å². The Balaban J connectivity index is 4.10. The molecule has 0 aliphatic rings. The molecule has 0 amide bonds. The molecular weight excluding hydrogens is 186 g/mol. The van der Waals surface area contributed by atoms with Gasteiger partial charge in [0.15, 0.2) is 0 Å². The Morgan fingerprint density at radius 2 is 2.07 bits per heavy atom. The van der Waals surface area contributed by atoms with E-state index in [1.54, 1.807) is 0 Å². The van der Waals surface area contributed by atoms with Crippen LogP contribution in [0.1, 0.15) is 46.5 Å². The molecule has 0 aromatic heterocycles. The maximum atomic E-state index is 5.72. The zero-order chi connectivity index (χ0) is 11.5. The molecule has 0 saturated heterocycles. The summed E-state index contributed by atoms with van der Waals surface area (Å²) in [6, 6.07) is 0.408. The summed E-state index contributed by atoms with van der Waals surface area (Å²) in [4.78, 5) is 0. The number of hydrogen-bond acceptors (Lipinski definition) is 2. The molecule has 2 unspecified atom stereocenters. The van der Waals surface area contributed by atoms with Crippen LogP contribution in [0.25, 0.3) is 0 Å². The van der Waals surface area contributed by atoms with Crippen LogP contribution in [0, 0.1) is 12.3 Å². The number of ether oxygens (including phenoxy) is 1. The standard InChI is InChI=1S/C13H25NO/c1-5-9-10-12(14-11-6-2)13(7-3)15-8-4/h1,12-14H,6-11H2,2-4H3. The third-order valence-electron chi connectivity index (χ3n) is 2.49. The molecule has 88 valence electrons. The zero-order valence-electron chi connectivity index (χ0n) is 10.4. The van der Waals surface area contributed by atoms with Gasteiger partial charge in [0.25, 0.3) is 0 Å². The molecule has 2 atom stereocenters. The maximum Gasteiger partial charge on any atom is 0.0725 e. The van der Waals surface area contributed by atoms with E-state index in [1.807, 2.05) is 6.92 Å². The van der Waals surface area contributed by atoms with Crippen molar-refractivity contribution in [2.75, 3.05) is 13.2 Å². The van der Waals surface area contributed by atoms with Gasteiger partial charge in [-0.05, 0) is 32.7 Å². The molecule has 2 nitrogen and oxygen atoms in total. The maximum absolute atomic E-state index is 5.72. The summed E-state index contributed by atoms with van der Waals surface area (Å²) in [6.45, 7) is 8.20. The SMILES string of the molecule is C#CCCC(NCCC)C(CC)OCC. The number of terminal acetylenes is 1. The molecule has 0 saturated carbocycles. The number of nitrogens with one attached hydrogen (secondary N) is 1. The quantitative estimate of drug-likeness (QED) is 0.592. The fraction of sp³-hybridized carbons (Fsp3) is 0.846. The van der Waals surface area contributed by atoms with Crippen molar-refractivity contribution in [1.82, 2.24) is 5.32 Å². The van der Waals surface area contributed by atoms with Gasteiger partial charge < -0.3 is 10.1 Å². The summed E-state index contributed by atoms with van der Waals surface area (Å²) in [6.07, 6.45) is 9.63. The van der Waals surface area contributed by atoms with E-state index in [2.05, 4.69) is 25.1 Å². The van der Waals surface area contributed by atoms with Gasteiger partial charge in [0.2, 0.25) is 0 Å². The van der Waals surface area contributed by atoms with Crippen LogP contribution in [0.3, 0.4) is 0 Å². The van der Waals surface area contributed by atoms with Crippen molar-refractivity contribution in [2.24, 2.45) is 0 Å². The summed E-state index contributed by atoms with van der Waals surface area (Å²) in [5.41, 5.74) is 0. The minimum atomic E-state index is 0.301. The van der Waals surface area contributed by atoms with Crippen molar-refractivity contribution < 1.29 is 4.74 Å². The molecule has 0 fully saturated rings. The van der Waals surface area contributed by atoms with Crippen LogP contribution in [-0.4, -0.2) is 25.3 Å². The van der Waals surface area contributed by atoms with E-state index in [1.165, 1.54) is 0 Å². The first-order chi connectivity index (χ1) is 7.29. The topological polar surface area (TPSA) is 21.3 Å². The Labute approximate surface area is 94.8 Å². The van der Waals surface area contributed by atoms with Crippen LogP contribution < -0.4 is 5.32 Å². The van der Waals surface area contributed by atoms with E-state index in [-0.39, 0.29) is 0 Å². The first-order valence-corrected chi connectivity index (χ1v) is 6.08. The van der Waals surface area contributed by atoms with Gasteiger partial charge in [-0.2, -0.15) is 0 Å². The Bertz CT molecular complexity index is 174. The highest BCUT2D eigenvalue weighted by Crippen LogP contribution is 2.10. The molecule has 0 spiro atoms. The first kappa shape index (κ1) is 14.5. The van der Waals surface area contributed by atoms with Crippen LogP contribution in [0.2, 0.25) is 0 Å². The molecule has 2 heteroatoms. The molecule has 1 N–H and O–H groups in total. The van der Waals surface area contributed by atoms with E-state index in [4.69, 9.17) is 11.2 Å². The average Bonchev–Trinajstić information content (AvgIpc) is 2.27. The molecule has 0 aliphatic heterocycles. The van der Waals surface area contributed by atoms with Crippen LogP contribution in [0.15, 0.2) is 0 Å². The highest BCUT2D eigenvalue weighted by Gasteiger charge is 2.18. The van der Waals surface area contributed by atoms with Gasteiger partial charge in [-0.3, -0.25) is 0 Å². The second-order valence-corrected chi connectivity index (χ2v) is 3.71. The predicted molar refractivity (Wildman–Crippen MR) is 65.9 cm³/mol. The predicted octanol–water partition coefficient (Wildman–Crippen LogP) is 2.58. The Morgan fingerprint density at radius 3 is 2.53 bits per heavy atom. The third kappa shape index (κ3) is 6.54. The summed E-state index contributed by atoms with van der Waals surface area (Å²) < 4.78 is 5.72. The normalized spacial score (nSPS) is 14.5. The highest BCUT2D eigenvalue weighted by atomic mass is 16.5. The number of hydrogen-bond donors (Lipinski definition) is 1. The van der Waals surface area contributed by atoms with E-state index in [0.717, 1.165) is 38.8 Å². The smallest absolute Gasteiger partial charge is 0.0725 e. The lowest BCUT2D eigenvalue weighted by molar-refractivity contribution is 0.0301. The summed E-state index contributed by atoms with van der Waals surface area (Å²) in [5.74, 6) is 2.70. The second-order valence-electron chi connectivity index (χ2n) is 3.71. The van der Waals surface area contributed by atoms with Gasteiger partial charge in [0.1, 0.15) is 0 Å². The fourth-order valence-corrected chi connectivity index (χ4v) is 1.72. The molecule has 0 heterocycles. The summed E-state index contributed by atoms with van der Waals surface area (Å²) in [7, 11) is 0. The Morgan fingerprint density at radius 1 is 1.33 bits per heavy atom. The van der Waals surface area contributed by atoms with Crippen LogP contribution in [0.4, 0.5) is 0 Å².